The van der Waals surface area contributed by atoms with Gasteiger partial charge in [0.1, 0.15) is 0 Å². The zero-order valence-electron chi connectivity index (χ0n) is 5.80. The van der Waals surface area contributed by atoms with Crippen LogP contribution in [0.3, 0.4) is 0 Å². The number of carboxylic acids is 1. The minimum absolute atomic E-state index is 0.0186. The molecule has 64 valence electrons. The molecule has 0 spiro atoms. The van der Waals surface area contributed by atoms with Crippen LogP contribution in [-0.4, -0.2) is 24.8 Å². The van der Waals surface area contributed by atoms with Gasteiger partial charge in [-0.05, 0) is 6.07 Å². The largest absolute Gasteiger partial charge is 0.478 e. The van der Waals surface area contributed by atoms with Crippen molar-refractivity contribution in [2.45, 2.75) is 4.90 Å². The summed E-state index contributed by atoms with van der Waals surface area (Å²) in [6.07, 6.45) is 2.25. The summed E-state index contributed by atoms with van der Waals surface area (Å²) in [7, 11) is 0. The summed E-state index contributed by atoms with van der Waals surface area (Å²) < 4.78 is 19.0. The fourth-order valence-electron chi connectivity index (χ4n) is 0.631. The van der Waals surface area contributed by atoms with E-state index in [-0.39, 0.29) is 10.5 Å². The lowest BCUT2D eigenvalue weighted by Crippen LogP contribution is -1.99. The van der Waals surface area contributed by atoms with Crippen molar-refractivity contribution in [3.05, 3.63) is 24.0 Å². The van der Waals surface area contributed by atoms with Crippen molar-refractivity contribution in [3.63, 3.8) is 0 Å². The molecule has 0 aliphatic carbocycles. The van der Waals surface area contributed by atoms with Gasteiger partial charge in [0.25, 0.3) is 0 Å². The SMILES string of the molecule is O=C(O)c1cncc(S(=O)O)c1. The lowest BCUT2D eigenvalue weighted by atomic mass is 10.3. The van der Waals surface area contributed by atoms with Crippen molar-refractivity contribution in [1.82, 2.24) is 4.98 Å². The maximum atomic E-state index is 10.5. The van der Waals surface area contributed by atoms with E-state index in [1.165, 1.54) is 0 Å². The van der Waals surface area contributed by atoms with Gasteiger partial charge in [-0.2, -0.15) is 0 Å². The molecule has 6 heteroatoms. The number of carboxylic acid groups (broad SMARTS) is 1. The highest BCUT2D eigenvalue weighted by Gasteiger charge is 2.06. The minimum Gasteiger partial charge on any atom is -0.478 e. The molecule has 0 saturated carbocycles. The van der Waals surface area contributed by atoms with E-state index in [0.717, 1.165) is 18.5 Å². The number of carbonyl (C=O) groups is 1. The molecule has 1 rings (SSSR count). The molecular weight excluding hydrogens is 182 g/mol. The number of nitrogens with zero attached hydrogens (tertiary/aromatic N) is 1. The second-order valence-electron chi connectivity index (χ2n) is 1.96. The van der Waals surface area contributed by atoms with Gasteiger partial charge in [-0.25, -0.2) is 9.00 Å². The van der Waals surface area contributed by atoms with E-state index < -0.39 is 17.0 Å². The van der Waals surface area contributed by atoms with Crippen LogP contribution in [0.2, 0.25) is 0 Å². The zero-order chi connectivity index (χ0) is 9.14. The highest BCUT2D eigenvalue weighted by atomic mass is 32.2. The van der Waals surface area contributed by atoms with Crippen molar-refractivity contribution < 1.29 is 18.7 Å². The summed E-state index contributed by atoms with van der Waals surface area (Å²) in [4.78, 5) is 13.8. The quantitative estimate of drug-likeness (QED) is 0.652. The summed E-state index contributed by atoms with van der Waals surface area (Å²) in [5.74, 6) is -1.17. The molecule has 12 heavy (non-hydrogen) atoms. The van der Waals surface area contributed by atoms with Crippen molar-refractivity contribution in [2.75, 3.05) is 0 Å². The third-order valence-electron chi connectivity index (χ3n) is 1.16. The maximum absolute atomic E-state index is 10.5. The molecule has 0 bridgehead atoms. The highest BCUT2D eigenvalue weighted by molar-refractivity contribution is 7.79. The smallest absolute Gasteiger partial charge is 0.337 e. The second-order valence-corrected chi connectivity index (χ2v) is 2.93. The van der Waals surface area contributed by atoms with E-state index in [0.29, 0.717) is 0 Å². The molecule has 0 saturated heterocycles. The first-order chi connectivity index (χ1) is 5.61. The van der Waals surface area contributed by atoms with E-state index in [9.17, 15) is 9.00 Å². The molecule has 1 aromatic rings. The Hall–Kier alpha value is -1.27. The second kappa shape index (κ2) is 3.42. The molecule has 1 unspecified atom stereocenters. The van der Waals surface area contributed by atoms with Gasteiger partial charge in [0.15, 0.2) is 11.1 Å². The standard InChI is InChI=1S/C6H5NO4S/c8-6(9)4-1-5(12(10)11)3-7-2-4/h1-3H,(H,8,9)(H,10,11). The van der Waals surface area contributed by atoms with Crippen LogP contribution in [0.5, 0.6) is 0 Å². The predicted molar refractivity (Wildman–Crippen MR) is 40.2 cm³/mol. The lowest BCUT2D eigenvalue weighted by Gasteiger charge is -1.95. The zero-order valence-corrected chi connectivity index (χ0v) is 6.61. The number of pyridine rings is 1. The predicted octanol–water partition coefficient (Wildman–Crippen LogP) is 0.360. The third kappa shape index (κ3) is 1.86. The Morgan fingerprint density at radius 3 is 2.67 bits per heavy atom. The van der Waals surface area contributed by atoms with Crippen molar-refractivity contribution in [2.24, 2.45) is 0 Å². The molecular formula is C6H5NO4S. The average molecular weight is 187 g/mol. The van der Waals surface area contributed by atoms with Crippen molar-refractivity contribution in [3.8, 4) is 0 Å². The number of hydrogen-bond donors (Lipinski definition) is 2. The van der Waals surface area contributed by atoms with Gasteiger partial charge in [0.2, 0.25) is 0 Å². The Morgan fingerprint density at radius 2 is 2.17 bits per heavy atom. The first-order valence-electron chi connectivity index (χ1n) is 2.90. The van der Waals surface area contributed by atoms with E-state index >= 15 is 0 Å². The van der Waals surface area contributed by atoms with Crippen LogP contribution < -0.4 is 0 Å². The first kappa shape index (κ1) is 8.82. The molecule has 1 atom stereocenters. The van der Waals surface area contributed by atoms with Gasteiger partial charge < -0.3 is 9.66 Å². The van der Waals surface area contributed by atoms with Crippen LogP contribution in [-0.2, 0) is 11.1 Å². The third-order valence-corrected chi connectivity index (χ3v) is 1.79. The molecule has 1 aromatic heterocycles. The Bertz CT molecular complexity index is 309. The summed E-state index contributed by atoms with van der Waals surface area (Å²) >= 11 is -2.18. The van der Waals surface area contributed by atoms with Crippen LogP contribution in [0.4, 0.5) is 0 Å². The van der Waals surface area contributed by atoms with Crippen LogP contribution in [0, 0.1) is 0 Å². The van der Waals surface area contributed by atoms with Gasteiger partial charge >= 0.3 is 5.97 Å². The number of aromatic carboxylic acids is 1. The first-order valence-corrected chi connectivity index (χ1v) is 4.01. The van der Waals surface area contributed by atoms with Gasteiger partial charge in [-0.3, -0.25) is 4.98 Å². The van der Waals surface area contributed by atoms with E-state index in [4.69, 9.17) is 9.66 Å². The fraction of sp³-hybridized carbons (Fsp3) is 0. The summed E-state index contributed by atoms with van der Waals surface area (Å²) in [5.41, 5.74) is -0.102. The van der Waals surface area contributed by atoms with E-state index in [1.807, 2.05) is 0 Å². The molecule has 0 aliphatic heterocycles. The average Bonchev–Trinajstić information content (AvgIpc) is 2.04. The monoisotopic (exact) mass is 187 g/mol. The molecule has 2 N–H and O–H groups in total. The van der Waals surface area contributed by atoms with Crippen molar-refractivity contribution in [1.29, 1.82) is 0 Å². The van der Waals surface area contributed by atoms with E-state index in [2.05, 4.69) is 4.98 Å². The normalized spacial score (nSPS) is 12.4. The molecule has 0 aromatic carbocycles. The minimum atomic E-state index is -2.18. The topological polar surface area (TPSA) is 87.5 Å². The number of rotatable bonds is 2. The Morgan fingerprint density at radius 1 is 1.50 bits per heavy atom. The molecule has 0 amide bonds. The summed E-state index contributed by atoms with van der Waals surface area (Å²) in [6.45, 7) is 0. The molecule has 5 nitrogen and oxygen atoms in total. The summed E-state index contributed by atoms with van der Waals surface area (Å²) in [5, 5.41) is 8.47. The molecule has 0 aliphatic rings. The van der Waals surface area contributed by atoms with Crippen LogP contribution in [0.15, 0.2) is 23.4 Å². The van der Waals surface area contributed by atoms with Gasteiger partial charge in [0, 0.05) is 12.4 Å². The van der Waals surface area contributed by atoms with Gasteiger partial charge in [0.05, 0.1) is 10.5 Å². The molecule has 0 radical (unpaired) electrons. The Balaban J connectivity index is 3.12. The number of aromatic nitrogens is 1. The fourth-order valence-corrected chi connectivity index (χ4v) is 1.01. The van der Waals surface area contributed by atoms with Gasteiger partial charge in [-0.1, -0.05) is 0 Å². The number of hydrogen-bond acceptors (Lipinski definition) is 3. The lowest BCUT2D eigenvalue weighted by molar-refractivity contribution is 0.0696. The van der Waals surface area contributed by atoms with Crippen LogP contribution in [0.25, 0.3) is 0 Å². The van der Waals surface area contributed by atoms with Crippen LogP contribution >= 0.6 is 0 Å². The van der Waals surface area contributed by atoms with Crippen molar-refractivity contribution >= 4 is 17.0 Å². The molecule has 1 heterocycles. The molecule has 0 fully saturated rings. The maximum Gasteiger partial charge on any atom is 0.337 e. The Labute approximate surface area is 70.3 Å². The summed E-state index contributed by atoms with van der Waals surface area (Å²) in [6, 6.07) is 1.10. The van der Waals surface area contributed by atoms with Crippen LogP contribution in [0.1, 0.15) is 10.4 Å². The van der Waals surface area contributed by atoms with E-state index in [1.54, 1.807) is 0 Å². The van der Waals surface area contributed by atoms with Gasteiger partial charge in [-0.15, -0.1) is 0 Å². The highest BCUT2D eigenvalue weighted by Crippen LogP contribution is 2.05. The Kier molecular flexibility index (Phi) is 2.51.